The molecule has 0 radical (unpaired) electrons. The first kappa shape index (κ1) is 15.4. The second kappa shape index (κ2) is 7.03. The molecule has 0 amide bonds. The van der Waals surface area contributed by atoms with Gasteiger partial charge in [0, 0.05) is 26.9 Å². The third-order valence-corrected chi connectivity index (χ3v) is 4.78. The minimum atomic E-state index is -3.62. The van der Waals surface area contributed by atoms with Gasteiger partial charge in [0.15, 0.2) is 0 Å². The summed E-state index contributed by atoms with van der Waals surface area (Å²) in [5.41, 5.74) is 0. The van der Waals surface area contributed by atoms with Crippen molar-refractivity contribution in [2.45, 2.75) is 30.6 Å². The number of sulfonamides is 1. The summed E-state index contributed by atoms with van der Waals surface area (Å²) in [6.45, 7) is 0.968. The molecule has 1 aliphatic heterocycles. The normalized spacial score (nSPS) is 19.6. The summed E-state index contributed by atoms with van der Waals surface area (Å²) < 4.78 is 36.1. The van der Waals surface area contributed by atoms with Gasteiger partial charge in [-0.2, -0.15) is 0 Å². The molecule has 1 rings (SSSR count). The highest BCUT2D eigenvalue weighted by Crippen LogP contribution is 2.15. The van der Waals surface area contributed by atoms with E-state index in [2.05, 4.69) is 4.72 Å². The molecular weight excluding hydrogens is 262 g/mol. The van der Waals surface area contributed by atoms with Crippen LogP contribution in [0.3, 0.4) is 0 Å². The van der Waals surface area contributed by atoms with Crippen LogP contribution in [0, 0.1) is 0 Å². The van der Waals surface area contributed by atoms with Gasteiger partial charge in [0.25, 0.3) is 0 Å². The topological polar surface area (TPSA) is 102 Å². The van der Waals surface area contributed by atoms with Crippen molar-refractivity contribution in [2.75, 3.05) is 26.9 Å². The van der Waals surface area contributed by atoms with Crippen molar-refractivity contribution in [3.05, 3.63) is 0 Å². The van der Waals surface area contributed by atoms with Crippen LogP contribution in [-0.4, -0.2) is 57.7 Å². The average molecular weight is 281 g/mol. The van der Waals surface area contributed by atoms with Gasteiger partial charge in [0.1, 0.15) is 6.04 Å². The van der Waals surface area contributed by atoms with E-state index in [1.807, 2.05) is 0 Å². The zero-order valence-corrected chi connectivity index (χ0v) is 11.1. The van der Waals surface area contributed by atoms with Gasteiger partial charge in [-0.1, -0.05) is 0 Å². The molecule has 0 bridgehead atoms. The molecule has 0 aromatic rings. The summed E-state index contributed by atoms with van der Waals surface area (Å²) in [5, 5.41) is 8.38. The van der Waals surface area contributed by atoms with E-state index in [0.717, 1.165) is 0 Å². The number of ether oxygens (including phenoxy) is 2. The van der Waals surface area contributed by atoms with E-state index in [-0.39, 0.29) is 13.0 Å². The lowest BCUT2D eigenvalue weighted by atomic mass is 10.2. The second-order valence-electron chi connectivity index (χ2n) is 4.15. The van der Waals surface area contributed by atoms with Crippen molar-refractivity contribution >= 4 is 16.0 Å². The van der Waals surface area contributed by atoms with Crippen LogP contribution in [0.5, 0.6) is 0 Å². The summed E-state index contributed by atoms with van der Waals surface area (Å²) in [5.74, 6) is -1.19. The molecule has 0 aromatic carbocycles. The van der Waals surface area contributed by atoms with E-state index in [9.17, 15) is 13.2 Å². The van der Waals surface area contributed by atoms with E-state index in [1.54, 1.807) is 0 Å². The molecular formula is C10H19NO6S. The van der Waals surface area contributed by atoms with E-state index in [4.69, 9.17) is 14.6 Å². The Morgan fingerprint density at radius 2 is 2.11 bits per heavy atom. The molecule has 1 heterocycles. The maximum atomic E-state index is 12.0. The number of carboxylic acids is 1. The van der Waals surface area contributed by atoms with E-state index < -0.39 is 27.3 Å². The smallest absolute Gasteiger partial charge is 0.321 e. The van der Waals surface area contributed by atoms with Crippen LogP contribution in [0.2, 0.25) is 0 Å². The second-order valence-corrected chi connectivity index (χ2v) is 6.14. The zero-order valence-electron chi connectivity index (χ0n) is 10.3. The Labute approximate surface area is 107 Å². The maximum absolute atomic E-state index is 12.0. The van der Waals surface area contributed by atoms with Gasteiger partial charge in [-0.05, 0) is 19.3 Å². The van der Waals surface area contributed by atoms with Crippen molar-refractivity contribution in [2.24, 2.45) is 0 Å². The van der Waals surface area contributed by atoms with Crippen LogP contribution >= 0.6 is 0 Å². The third kappa shape index (κ3) is 4.52. The maximum Gasteiger partial charge on any atom is 0.321 e. The van der Waals surface area contributed by atoms with Crippen LogP contribution in [0.4, 0.5) is 0 Å². The van der Waals surface area contributed by atoms with Crippen molar-refractivity contribution in [3.63, 3.8) is 0 Å². The standard InChI is InChI=1S/C10H19NO6S/c1-16-5-4-9(10(12)13)11-18(14,15)8-2-6-17-7-3-8/h8-9,11H,2-7H2,1H3,(H,12,13). The molecule has 0 aromatic heterocycles. The van der Waals surface area contributed by atoms with E-state index >= 15 is 0 Å². The van der Waals surface area contributed by atoms with Crippen LogP contribution in [0.15, 0.2) is 0 Å². The highest BCUT2D eigenvalue weighted by Gasteiger charge is 2.31. The lowest BCUT2D eigenvalue weighted by molar-refractivity contribution is -0.139. The highest BCUT2D eigenvalue weighted by molar-refractivity contribution is 7.90. The molecule has 18 heavy (non-hydrogen) atoms. The van der Waals surface area contributed by atoms with Gasteiger partial charge < -0.3 is 14.6 Å². The van der Waals surface area contributed by atoms with Crippen LogP contribution in [0.25, 0.3) is 0 Å². The minimum Gasteiger partial charge on any atom is -0.480 e. The quantitative estimate of drug-likeness (QED) is 0.657. The Balaban J connectivity index is 2.62. The fraction of sp³-hybridized carbons (Fsp3) is 0.900. The molecule has 0 aliphatic carbocycles. The van der Waals surface area contributed by atoms with Gasteiger partial charge in [-0.25, -0.2) is 13.1 Å². The predicted octanol–water partition coefficient (Wildman–Crippen LogP) is -0.425. The Morgan fingerprint density at radius 1 is 1.50 bits per heavy atom. The molecule has 106 valence electrons. The number of aliphatic carboxylic acids is 1. The molecule has 2 N–H and O–H groups in total. The molecule has 7 nitrogen and oxygen atoms in total. The highest BCUT2D eigenvalue weighted by atomic mass is 32.2. The molecule has 0 spiro atoms. The fourth-order valence-corrected chi connectivity index (χ4v) is 3.37. The lowest BCUT2D eigenvalue weighted by Gasteiger charge is -2.24. The summed E-state index contributed by atoms with van der Waals surface area (Å²) >= 11 is 0. The van der Waals surface area contributed by atoms with Gasteiger partial charge in [-0.3, -0.25) is 4.79 Å². The summed E-state index contributed by atoms with van der Waals surface area (Å²) in [6.07, 6.45) is 0.895. The van der Waals surface area contributed by atoms with E-state index in [1.165, 1.54) is 7.11 Å². The monoisotopic (exact) mass is 281 g/mol. The number of rotatable bonds is 7. The number of nitrogens with one attached hydrogen (secondary N) is 1. The van der Waals surface area contributed by atoms with Gasteiger partial charge >= 0.3 is 5.97 Å². The molecule has 1 atom stereocenters. The number of carboxylic acid groups (broad SMARTS) is 1. The molecule has 1 unspecified atom stereocenters. The van der Waals surface area contributed by atoms with Crippen molar-refractivity contribution in [3.8, 4) is 0 Å². The first-order chi connectivity index (χ1) is 8.47. The minimum absolute atomic E-state index is 0.105. The van der Waals surface area contributed by atoms with Crippen LogP contribution in [0.1, 0.15) is 19.3 Å². The number of carbonyl (C=O) groups is 1. The SMILES string of the molecule is COCCC(NS(=O)(=O)C1CCOCC1)C(=O)O. The Kier molecular flexibility index (Phi) is 6.00. The predicted molar refractivity (Wildman–Crippen MR) is 63.8 cm³/mol. The molecule has 0 saturated carbocycles. The lowest BCUT2D eigenvalue weighted by Crippen LogP contribution is -2.46. The molecule has 1 aliphatic rings. The van der Waals surface area contributed by atoms with Gasteiger partial charge in [-0.15, -0.1) is 0 Å². The molecule has 1 fully saturated rings. The Bertz CT molecular complexity index is 363. The number of hydrogen-bond donors (Lipinski definition) is 2. The third-order valence-electron chi connectivity index (χ3n) is 2.82. The summed E-state index contributed by atoms with van der Waals surface area (Å²) in [6, 6.07) is -1.14. The first-order valence-electron chi connectivity index (χ1n) is 5.78. The van der Waals surface area contributed by atoms with Crippen molar-refractivity contribution in [1.82, 2.24) is 4.72 Å². The Morgan fingerprint density at radius 3 is 2.61 bits per heavy atom. The summed E-state index contributed by atoms with van der Waals surface area (Å²) in [7, 11) is -2.19. The average Bonchev–Trinajstić information content (AvgIpc) is 2.35. The number of methoxy groups -OCH3 is 1. The largest absolute Gasteiger partial charge is 0.480 e. The van der Waals surface area contributed by atoms with Crippen molar-refractivity contribution < 1.29 is 27.8 Å². The fourth-order valence-electron chi connectivity index (χ4n) is 1.75. The zero-order chi connectivity index (χ0) is 13.6. The van der Waals surface area contributed by atoms with Crippen LogP contribution in [-0.2, 0) is 24.3 Å². The van der Waals surface area contributed by atoms with Crippen LogP contribution < -0.4 is 4.72 Å². The van der Waals surface area contributed by atoms with E-state index in [0.29, 0.717) is 26.1 Å². The molecule has 1 saturated heterocycles. The Hall–Kier alpha value is -0.700. The summed E-state index contributed by atoms with van der Waals surface area (Å²) in [4.78, 5) is 11.0. The molecule has 8 heteroatoms. The number of hydrogen-bond acceptors (Lipinski definition) is 5. The first-order valence-corrected chi connectivity index (χ1v) is 7.32. The van der Waals surface area contributed by atoms with Crippen molar-refractivity contribution in [1.29, 1.82) is 0 Å². The van der Waals surface area contributed by atoms with Gasteiger partial charge in [0.05, 0.1) is 5.25 Å². The van der Waals surface area contributed by atoms with Gasteiger partial charge in [0.2, 0.25) is 10.0 Å².